The predicted octanol–water partition coefficient (Wildman–Crippen LogP) is 2.78. The Labute approximate surface area is 106 Å². The monoisotopic (exact) mass is 250 g/mol. The van der Waals surface area contributed by atoms with E-state index in [1.165, 1.54) is 0 Å². The fraction of sp³-hybridized carbons (Fsp3) is 0.462. The summed E-state index contributed by atoms with van der Waals surface area (Å²) in [6.45, 7) is 0.214. The fourth-order valence-corrected chi connectivity index (χ4v) is 2.58. The van der Waals surface area contributed by atoms with Crippen LogP contribution < -0.4 is 5.32 Å². The van der Waals surface area contributed by atoms with Gasteiger partial charge in [-0.2, -0.15) is 5.26 Å². The maximum atomic E-state index is 9.25. The molecule has 0 spiro atoms. The molecule has 1 saturated carbocycles. The number of nitriles is 1. The Morgan fingerprint density at radius 3 is 2.94 bits per heavy atom. The number of anilines is 1. The first-order valence-corrected chi connectivity index (χ1v) is 6.19. The van der Waals surface area contributed by atoms with Gasteiger partial charge in [-0.3, -0.25) is 0 Å². The van der Waals surface area contributed by atoms with Gasteiger partial charge in [0.25, 0.3) is 0 Å². The highest BCUT2D eigenvalue weighted by molar-refractivity contribution is 6.33. The molecule has 0 bridgehead atoms. The van der Waals surface area contributed by atoms with Crippen molar-refractivity contribution in [2.45, 2.75) is 25.3 Å². The van der Waals surface area contributed by atoms with Gasteiger partial charge >= 0.3 is 0 Å². The lowest BCUT2D eigenvalue weighted by atomic mass is 10.0. The fourth-order valence-electron chi connectivity index (χ4n) is 2.35. The van der Waals surface area contributed by atoms with E-state index in [1.54, 1.807) is 12.1 Å². The minimum atomic E-state index is 0.214. The number of hydrogen-bond donors (Lipinski definition) is 2. The predicted molar refractivity (Wildman–Crippen MR) is 68.0 cm³/mol. The van der Waals surface area contributed by atoms with E-state index in [1.807, 2.05) is 6.07 Å². The van der Waals surface area contributed by atoms with Crippen molar-refractivity contribution in [1.29, 1.82) is 5.26 Å². The molecule has 0 aromatic heterocycles. The molecule has 17 heavy (non-hydrogen) atoms. The van der Waals surface area contributed by atoms with Crippen LogP contribution in [0.3, 0.4) is 0 Å². The first kappa shape index (κ1) is 12.2. The van der Waals surface area contributed by atoms with Crippen LogP contribution in [0.1, 0.15) is 24.8 Å². The molecule has 0 heterocycles. The topological polar surface area (TPSA) is 56.0 Å². The van der Waals surface area contributed by atoms with Crippen LogP contribution in [0.2, 0.25) is 5.02 Å². The van der Waals surface area contributed by atoms with E-state index in [-0.39, 0.29) is 12.6 Å². The van der Waals surface area contributed by atoms with Crippen LogP contribution in [0.4, 0.5) is 5.69 Å². The molecule has 90 valence electrons. The number of nitrogens with zero attached hydrogens (tertiary/aromatic N) is 1. The van der Waals surface area contributed by atoms with E-state index in [2.05, 4.69) is 11.4 Å². The molecule has 0 radical (unpaired) electrons. The Morgan fingerprint density at radius 2 is 2.29 bits per heavy atom. The molecule has 1 aliphatic carbocycles. The summed E-state index contributed by atoms with van der Waals surface area (Å²) < 4.78 is 0. The lowest BCUT2D eigenvalue weighted by Gasteiger charge is -2.21. The van der Waals surface area contributed by atoms with Crippen molar-refractivity contribution >= 4 is 17.3 Å². The maximum absolute atomic E-state index is 9.25. The minimum Gasteiger partial charge on any atom is -0.396 e. The van der Waals surface area contributed by atoms with E-state index in [9.17, 15) is 5.11 Å². The molecule has 3 nitrogen and oxygen atoms in total. The molecule has 2 rings (SSSR count). The second-order valence-electron chi connectivity index (χ2n) is 4.43. The molecular formula is C13H15ClN2O. The Morgan fingerprint density at radius 1 is 1.47 bits per heavy atom. The van der Waals surface area contributed by atoms with Crippen LogP contribution in [-0.4, -0.2) is 17.8 Å². The summed E-state index contributed by atoms with van der Waals surface area (Å²) in [6, 6.07) is 7.57. The third kappa shape index (κ3) is 2.71. The van der Waals surface area contributed by atoms with Gasteiger partial charge < -0.3 is 10.4 Å². The highest BCUT2D eigenvalue weighted by Crippen LogP contribution is 2.31. The van der Waals surface area contributed by atoms with Gasteiger partial charge in [0, 0.05) is 18.6 Å². The molecule has 0 amide bonds. The van der Waals surface area contributed by atoms with Crippen LogP contribution in [0.5, 0.6) is 0 Å². The average molecular weight is 251 g/mol. The molecule has 1 aliphatic rings. The molecule has 1 fully saturated rings. The lowest BCUT2D eigenvalue weighted by molar-refractivity contribution is 0.222. The van der Waals surface area contributed by atoms with Crippen molar-refractivity contribution < 1.29 is 5.11 Å². The quantitative estimate of drug-likeness (QED) is 0.867. The van der Waals surface area contributed by atoms with Crippen molar-refractivity contribution in [3.05, 3.63) is 28.8 Å². The van der Waals surface area contributed by atoms with Crippen molar-refractivity contribution in [3.8, 4) is 6.07 Å². The van der Waals surface area contributed by atoms with Gasteiger partial charge in [-0.15, -0.1) is 0 Å². The van der Waals surface area contributed by atoms with Gasteiger partial charge in [0.05, 0.1) is 22.3 Å². The highest BCUT2D eigenvalue weighted by atomic mass is 35.5. The Kier molecular flexibility index (Phi) is 3.88. The Hall–Kier alpha value is -1.24. The molecule has 4 heteroatoms. The summed E-state index contributed by atoms with van der Waals surface area (Å²) in [5, 5.41) is 21.9. The number of hydrogen-bond acceptors (Lipinski definition) is 3. The highest BCUT2D eigenvalue weighted by Gasteiger charge is 2.26. The van der Waals surface area contributed by atoms with Crippen molar-refractivity contribution in [2.24, 2.45) is 5.92 Å². The van der Waals surface area contributed by atoms with Gasteiger partial charge in [-0.1, -0.05) is 18.0 Å². The van der Waals surface area contributed by atoms with E-state index >= 15 is 0 Å². The van der Waals surface area contributed by atoms with Crippen LogP contribution in [0.25, 0.3) is 0 Å². The first-order valence-electron chi connectivity index (χ1n) is 5.81. The summed E-state index contributed by atoms with van der Waals surface area (Å²) >= 11 is 6.10. The number of halogens is 1. The molecule has 1 aromatic rings. The maximum Gasteiger partial charge on any atom is 0.0992 e. The second-order valence-corrected chi connectivity index (χ2v) is 4.84. The zero-order valence-corrected chi connectivity index (χ0v) is 10.2. The number of aliphatic hydroxyl groups excluding tert-OH is 1. The average Bonchev–Trinajstić information content (AvgIpc) is 2.79. The summed E-state index contributed by atoms with van der Waals surface area (Å²) in [7, 11) is 0. The van der Waals surface area contributed by atoms with E-state index in [4.69, 9.17) is 16.9 Å². The minimum absolute atomic E-state index is 0.214. The second kappa shape index (κ2) is 5.39. The molecule has 2 N–H and O–H groups in total. The van der Waals surface area contributed by atoms with Crippen LogP contribution in [0.15, 0.2) is 18.2 Å². The van der Waals surface area contributed by atoms with Crippen LogP contribution >= 0.6 is 11.6 Å². The standard InChI is InChI=1S/C13H15ClN2O/c14-11-6-9(7-15)4-5-13(11)16-12-3-1-2-10(12)8-17/h4-6,10,12,16-17H,1-3,8H2. The molecule has 2 unspecified atom stereocenters. The van der Waals surface area contributed by atoms with E-state index in [0.717, 1.165) is 24.9 Å². The zero-order valence-electron chi connectivity index (χ0n) is 9.49. The van der Waals surface area contributed by atoms with Gasteiger partial charge in [0.15, 0.2) is 0 Å². The normalized spacial score (nSPS) is 23.4. The smallest absolute Gasteiger partial charge is 0.0992 e. The molecular weight excluding hydrogens is 236 g/mol. The summed E-state index contributed by atoms with van der Waals surface area (Å²) in [4.78, 5) is 0. The molecule has 0 saturated heterocycles. The van der Waals surface area contributed by atoms with Gasteiger partial charge in [0.2, 0.25) is 0 Å². The Bertz CT molecular complexity index is 442. The van der Waals surface area contributed by atoms with Crippen molar-refractivity contribution in [2.75, 3.05) is 11.9 Å². The largest absolute Gasteiger partial charge is 0.396 e. The summed E-state index contributed by atoms with van der Waals surface area (Å²) in [5.74, 6) is 0.307. The van der Waals surface area contributed by atoms with Crippen LogP contribution in [-0.2, 0) is 0 Å². The zero-order chi connectivity index (χ0) is 12.3. The lowest BCUT2D eigenvalue weighted by Crippen LogP contribution is -2.26. The molecule has 1 aromatic carbocycles. The SMILES string of the molecule is N#Cc1ccc(NC2CCCC2CO)c(Cl)c1. The first-order chi connectivity index (χ1) is 8.24. The summed E-state index contributed by atoms with van der Waals surface area (Å²) in [6.07, 6.45) is 3.25. The number of aliphatic hydroxyl groups is 1. The number of rotatable bonds is 3. The van der Waals surface area contributed by atoms with E-state index < -0.39 is 0 Å². The van der Waals surface area contributed by atoms with E-state index in [0.29, 0.717) is 16.5 Å². The third-order valence-corrected chi connectivity index (χ3v) is 3.65. The number of nitrogens with one attached hydrogen (secondary N) is 1. The summed E-state index contributed by atoms with van der Waals surface area (Å²) in [5.41, 5.74) is 1.40. The van der Waals surface area contributed by atoms with Crippen molar-refractivity contribution in [1.82, 2.24) is 0 Å². The van der Waals surface area contributed by atoms with Crippen LogP contribution in [0, 0.1) is 17.2 Å². The Balaban J connectivity index is 2.11. The van der Waals surface area contributed by atoms with Gasteiger partial charge in [0.1, 0.15) is 0 Å². The van der Waals surface area contributed by atoms with Crippen molar-refractivity contribution in [3.63, 3.8) is 0 Å². The third-order valence-electron chi connectivity index (χ3n) is 3.33. The van der Waals surface area contributed by atoms with Gasteiger partial charge in [-0.25, -0.2) is 0 Å². The van der Waals surface area contributed by atoms with Gasteiger partial charge in [-0.05, 0) is 31.0 Å². The molecule has 2 atom stereocenters. The molecule has 0 aliphatic heterocycles. The number of benzene rings is 1.